The molecule has 1 N–H and O–H groups in total. The quantitative estimate of drug-likeness (QED) is 0.426. The molecule has 0 radical (unpaired) electrons. The first-order chi connectivity index (χ1) is 8.34. The number of benzene rings is 1. The number of hydrogen-bond acceptors (Lipinski definition) is 3. The van der Waals surface area contributed by atoms with Gasteiger partial charge in [-0.15, -0.1) is 0 Å². The van der Waals surface area contributed by atoms with Crippen LogP contribution >= 0.6 is 0 Å². The Kier molecular flexibility index (Phi) is 6.96. The zero-order chi connectivity index (χ0) is 12.3. The average molecular weight is 233 g/mol. The Morgan fingerprint density at radius 2 is 1.82 bits per heavy atom. The molecule has 3 heteroatoms. The first-order valence-corrected chi connectivity index (χ1v) is 6.11. The predicted octanol–water partition coefficient (Wildman–Crippen LogP) is 3.01. The molecule has 1 atom stereocenters. The maximum absolute atomic E-state index is 9.89. The Bertz CT molecular complexity index is 344. The maximum Gasteiger partial charge on any atom is 0.234 e. The van der Waals surface area contributed by atoms with Crippen molar-refractivity contribution in [1.82, 2.24) is 0 Å². The molecule has 0 fully saturated rings. The number of isocyanates is 1. The van der Waals surface area contributed by atoms with Crippen LogP contribution in [0.25, 0.3) is 0 Å². The largest absolute Gasteiger partial charge is 0.388 e. The standard InChI is InChI=1S/C14H19NO2/c16-12-15-11-7-2-1-6-10-14(17)13-8-4-3-5-9-13/h3-5,8-9,14,17H,1-2,6-7,10-11H2. The van der Waals surface area contributed by atoms with Gasteiger partial charge in [-0.3, -0.25) is 0 Å². The summed E-state index contributed by atoms with van der Waals surface area (Å²) in [6.45, 7) is 0.574. The molecule has 0 aliphatic rings. The Labute approximate surface area is 102 Å². The number of carbonyl (C=O) groups excluding carboxylic acids is 1. The van der Waals surface area contributed by atoms with Gasteiger partial charge in [0.25, 0.3) is 0 Å². The van der Waals surface area contributed by atoms with Gasteiger partial charge in [0.15, 0.2) is 0 Å². The molecule has 0 saturated heterocycles. The van der Waals surface area contributed by atoms with Crippen LogP contribution in [0.15, 0.2) is 35.3 Å². The van der Waals surface area contributed by atoms with E-state index in [1.54, 1.807) is 0 Å². The molecule has 1 aromatic carbocycles. The van der Waals surface area contributed by atoms with E-state index in [-0.39, 0.29) is 6.10 Å². The van der Waals surface area contributed by atoms with Gasteiger partial charge >= 0.3 is 0 Å². The van der Waals surface area contributed by atoms with Gasteiger partial charge < -0.3 is 5.11 Å². The highest BCUT2D eigenvalue weighted by atomic mass is 16.3. The fourth-order valence-electron chi connectivity index (χ4n) is 1.77. The Morgan fingerprint density at radius 3 is 2.53 bits per heavy atom. The summed E-state index contributed by atoms with van der Waals surface area (Å²) < 4.78 is 0. The summed E-state index contributed by atoms with van der Waals surface area (Å²) in [5, 5.41) is 9.89. The zero-order valence-electron chi connectivity index (χ0n) is 10.0. The van der Waals surface area contributed by atoms with Gasteiger partial charge in [-0.1, -0.05) is 49.6 Å². The SMILES string of the molecule is O=C=NCCCCCCC(O)c1ccccc1. The first kappa shape index (κ1) is 13.6. The van der Waals surface area contributed by atoms with Crippen LogP contribution in [0.5, 0.6) is 0 Å². The van der Waals surface area contributed by atoms with E-state index in [9.17, 15) is 9.90 Å². The fourth-order valence-corrected chi connectivity index (χ4v) is 1.77. The molecule has 0 saturated carbocycles. The molecule has 0 heterocycles. The number of aliphatic hydroxyl groups is 1. The van der Waals surface area contributed by atoms with Gasteiger partial charge in [0.2, 0.25) is 6.08 Å². The molecular weight excluding hydrogens is 214 g/mol. The molecule has 1 aromatic rings. The number of rotatable bonds is 8. The minimum atomic E-state index is -0.357. The van der Waals surface area contributed by atoms with Crippen molar-refractivity contribution in [1.29, 1.82) is 0 Å². The van der Waals surface area contributed by atoms with Crippen LogP contribution in [0.2, 0.25) is 0 Å². The summed E-state index contributed by atoms with van der Waals surface area (Å²) in [4.78, 5) is 13.3. The number of hydrogen-bond donors (Lipinski definition) is 1. The second-order valence-corrected chi connectivity index (χ2v) is 4.10. The lowest BCUT2D eigenvalue weighted by molar-refractivity contribution is 0.163. The predicted molar refractivity (Wildman–Crippen MR) is 67.5 cm³/mol. The van der Waals surface area contributed by atoms with Gasteiger partial charge in [-0.2, -0.15) is 0 Å². The van der Waals surface area contributed by atoms with Crippen LogP contribution in [0, 0.1) is 0 Å². The number of aliphatic hydroxyl groups excluding tert-OH is 1. The van der Waals surface area contributed by atoms with Crippen LogP contribution in [-0.4, -0.2) is 17.7 Å². The molecule has 17 heavy (non-hydrogen) atoms. The minimum Gasteiger partial charge on any atom is -0.388 e. The smallest absolute Gasteiger partial charge is 0.234 e. The third kappa shape index (κ3) is 6.00. The van der Waals surface area contributed by atoms with E-state index in [1.165, 1.54) is 6.08 Å². The van der Waals surface area contributed by atoms with Crippen LogP contribution in [0.4, 0.5) is 0 Å². The van der Waals surface area contributed by atoms with Gasteiger partial charge in [0.1, 0.15) is 0 Å². The second kappa shape index (κ2) is 8.68. The van der Waals surface area contributed by atoms with Crippen molar-refractivity contribution in [2.45, 2.75) is 38.2 Å². The van der Waals surface area contributed by atoms with Crippen molar-refractivity contribution in [3.8, 4) is 0 Å². The molecule has 92 valence electrons. The maximum atomic E-state index is 9.89. The van der Waals surface area contributed by atoms with E-state index >= 15 is 0 Å². The second-order valence-electron chi connectivity index (χ2n) is 4.10. The third-order valence-corrected chi connectivity index (χ3v) is 2.75. The van der Waals surface area contributed by atoms with Gasteiger partial charge in [-0.05, 0) is 18.4 Å². The average Bonchev–Trinajstić information content (AvgIpc) is 2.38. The van der Waals surface area contributed by atoms with E-state index in [0.29, 0.717) is 6.54 Å². The van der Waals surface area contributed by atoms with Crippen molar-refractivity contribution in [2.75, 3.05) is 6.54 Å². The van der Waals surface area contributed by atoms with Gasteiger partial charge in [-0.25, -0.2) is 9.79 Å². The summed E-state index contributed by atoms with van der Waals surface area (Å²) in [6.07, 6.45) is 6.01. The Balaban J connectivity index is 2.08. The lowest BCUT2D eigenvalue weighted by Gasteiger charge is -2.10. The van der Waals surface area contributed by atoms with Crippen LogP contribution in [0.3, 0.4) is 0 Å². The molecule has 0 spiro atoms. The monoisotopic (exact) mass is 233 g/mol. The van der Waals surface area contributed by atoms with Crippen molar-refractivity contribution in [3.05, 3.63) is 35.9 Å². The van der Waals surface area contributed by atoms with Crippen LogP contribution in [-0.2, 0) is 4.79 Å². The number of nitrogens with zero attached hydrogens (tertiary/aromatic N) is 1. The van der Waals surface area contributed by atoms with Crippen molar-refractivity contribution >= 4 is 6.08 Å². The molecule has 1 unspecified atom stereocenters. The molecule has 1 rings (SSSR count). The highest BCUT2D eigenvalue weighted by Crippen LogP contribution is 2.19. The normalized spacial score (nSPS) is 11.8. The summed E-state index contributed by atoms with van der Waals surface area (Å²) >= 11 is 0. The third-order valence-electron chi connectivity index (χ3n) is 2.75. The minimum absolute atomic E-state index is 0.357. The topological polar surface area (TPSA) is 49.7 Å². The van der Waals surface area contributed by atoms with E-state index in [0.717, 1.165) is 37.7 Å². The lowest BCUT2D eigenvalue weighted by Crippen LogP contribution is -1.96. The molecule has 0 amide bonds. The van der Waals surface area contributed by atoms with E-state index < -0.39 is 0 Å². The summed E-state index contributed by atoms with van der Waals surface area (Å²) in [5.74, 6) is 0. The summed E-state index contributed by atoms with van der Waals surface area (Å²) in [6, 6.07) is 9.72. The molecule has 0 aliphatic heterocycles. The molecule has 0 bridgehead atoms. The molecular formula is C14H19NO2. The van der Waals surface area contributed by atoms with E-state index in [4.69, 9.17) is 0 Å². The number of unbranched alkanes of at least 4 members (excludes halogenated alkanes) is 3. The summed E-state index contributed by atoms with van der Waals surface area (Å²) in [5.41, 5.74) is 0.984. The van der Waals surface area contributed by atoms with Crippen molar-refractivity contribution in [3.63, 3.8) is 0 Å². The van der Waals surface area contributed by atoms with E-state index in [1.807, 2.05) is 30.3 Å². The Hall–Kier alpha value is -1.44. The number of aliphatic imine (C=N–C) groups is 1. The summed E-state index contributed by atoms with van der Waals surface area (Å²) in [7, 11) is 0. The highest BCUT2D eigenvalue weighted by Gasteiger charge is 2.05. The Morgan fingerprint density at radius 1 is 1.12 bits per heavy atom. The molecule has 3 nitrogen and oxygen atoms in total. The van der Waals surface area contributed by atoms with Crippen LogP contribution < -0.4 is 0 Å². The fraction of sp³-hybridized carbons (Fsp3) is 0.500. The van der Waals surface area contributed by atoms with Crippen LogP contribution in [0.1, 0.15) is 43.8 Å². The van der Waals surface area contributed by atoms with Crippen molar-refractivity contribution in [2.24, 2.45) is 4.99 Å². The highest BCUT2D eigenvalue weighted by molar-refractivity contribution is 5.32. The first-order valence-electron chi connectivity index (χ1n) is 6.11. The molecule has 0 aliphatic carbocycles. The van der Waals surface area contributed by atoms with Gasteiger partial charge in [0.05, 0.1) is 12.6 Å². The molecule has 0 aromatic heterocycles. The van der Waals surface area contributed by atoms with Crippen molar-refractivity contribution < 1.29 is 9.90 Å². The van der Waals surface area contributed by atoms with Gasteiger partial charge in [0, 0.05) is 0 Å². The van der Waals surface area contributed by atoms with E-state index in [2.05, 4.69) is 4.99 Å². The lowest BCUT2D eigenvalue weighted by atomic mass is 10.0. The zero-order valence-corrected chi connectivity index (χ0v) is 10.0.